The molecule has 2 aliphatic rings. The van der Waals surface area contributed by atoms with E-state index in [4.69, 9.17) is 17.3 Å². The number of benzene rings is 1. The highest BCUT2D eigenvalue weighted by Crippen LogP contribution is 2.35. The largest absolute Gasteiger partial charge is 0.366 e. The SMILES string of the molecule is CC(=O)N1CCC(C(=O)N2CCN(c3c(CCN)cc(Cl)c4cccnc34)CC2)CC1. The summed E-state index contributed by atoms with van der Waals surface area (Å²) in [6.45, 7) is 6.36. The molecule has 31 heavy (non-hydrogen) atoms. The Morgan fingerprint density at radius 3 is 2.48 bits per heavy atom. The normalized spacial score (nSPS) is 18.0. The molecule has 0 bridgehead atoms. The summed E-state index contributed by atoms with van der Waals surface area (Å²) < 4.78 is 0. The van der Waals surface area contributed by atoms with Crippen molar-refractivity contribution in [2.75, 3.05) is 50.7 Å². The Bertz CT molecular complexity index is 966. The third-order valence-corrected chi connectivity index (χ3v) is 6.82. The topological polar surface area (TPSA) is 82.8 Å². The number of nitrogens with zero attached hydrogens (tertiary/aromatic N) is 4. The molecule has 2 N–H and O–H groups in total. The number of piperazine rings is 1. The van der Waals surface area contributed by atoms with E-state index in [1.54, 1.807) is 13.1 Å². The van der Waals surface area contributed by atoms with Gasteiger partial charge in [0.2, 0.25) is 11.8 Å². The van der Waals surface area contributed by atoms with Crippen LogP contribution in [0.1, 0.15) is 25.3 Å². The average Bonchev–Trinajstić information content (AvgIpc) is 2.79. The van der Waals surface area contributed by atoms with Gasteiger partial charge >= 0.3 is 0 Å². The van der Waals surface area contributed by atoms with E-state index in [2.05, 4.69) is 9.88 Å². The number of carbonyl (C=O) groups excluding carboxylic acids is 2. The number of aromatic nitrogens is 1. The van der Waals surface area contributed by atoms with Gasteiger partial charge in [-0.05, 0) is 49.6 Å². The third kappa shape index (κ3) is 4.48. The molecule has 7 nitrogen and oxygen atoms in total. The zero-order chi connectivity index (χ0) is 22.0. The van der Waals surface area contributed by atoms with E-state index < -0.39 is 0 Å². The molecule has 4 rings (SSSR count). The molecule has 2 aromatic rings. The maximum Gasteiger partial charge on any atom is 0.225 e. The smallest absolute Gasteiger partial charge is 0.225 e. The molecule has 2 saturated heterocycles. The lowest BCUT2D eigenvalue weighted by Crippen LogP contribution is -2.52. The van der Waals surface area contributed by atoms with Crippen molar-refractivity contribution in [3.8, 4) is 0 Å². The van der Waals surface area contributed by atoms with Crippen molar-refractivity contribution in [2.24, 2.45) is 11.7 Å². The van der Waals surface area contributed by atoms with Gasteiger partial charge in [0.25, 0.3) is 0 Å². The van der Waals surface area contributed by atoms with E-state index in [0.717, 1.165) is 54.5 Å². The predicted octanol–water partition coefficient (Wildman–Crippen LogP) is 2.30. The molecule has 3 heterocycles. The number of fused-ring (bicyclic) bond motifs is 1. The number of halogens is 1. The number of nitrogens with two attached hydrogens (primary N) is 1. The number of carbonyl (C=O) groups is 2. The van der Waals surface area contributed by atoms with Gasteiger partial charge in [0.1, 0.15) is 0 Å². The van der Waals surface area contributed by atoms with Crippen LogP contribution in [0.2, 0.25) is 5.02 Å². The van der Waals surface area contributed by atoms with Crippen LogP contribution in [0.25, 0.3) is 10.9 Å². The maximum absolute atomic E-state index is 13.1. The monoisotopic (exact) mass is 443 g/mol. The first-order valence-electron chi connectivity index (χ1n) is 11.0. The van der Waals surface area contributed by atoms with Crippen molar-refractivity contribution in [1.82, 2.24) is 14.8 Å². The van der Waals surface area contributed by atoms with Crippen LogP contribution in [0.4, 0.5) is 5.69 Å². The molecular weight excluding hydrogens is 414 g/mol. The summed E-state index contributed by atoms with van der Waals surface area (Å²) in [5, 5.41) is 1.64. The van der Waals surface area contributed by atoms with Gasteiger partial charge in [-0.2, -0.15) is 0 Å². The van der Waals surface area contributed by atoms with E-state index in [1.165, 1.54) is 0 Å². The minimum Gasteiger partial charge on any atom is -0.366 e. The first-order valence-corrected chi connectivity index (χ1v) is 11.4. The van der Waals surface area contributed by atoms with Crippen molar-refractivity contribution in [3.05, 3.63) is 35.0 Å². The van der Waals surface area contributed by atoms with Crippen LogP contribution in [0.15, 0.2) is 24.4 Å². The molecule has 2 aliphatic heterocycles. The van der Waals surface area contributed by atoms with Crippen LogP contribution < -0.4 is 10.6 Å². The quantitative estimate of drug-likeness (QED) is 0.783. The van der Waals surface area contributed by atoms with Crippen LogP contribution in [-0.4, -0.2) is 72.4 Å². The number of amides is 2. The van der Waals surface area contributed by atoms with Crippen molar-refractivity contribution in [1.29, 1.82) is 0 Å². The van der Waals surface area contributed by atoms with E-state index in [-0.39, 0.29) is 17.7 Å². The molecule has 166 valence electrons. The zero-order valence-corrected chi connectivity index (χ0v) is 18.8. The van der Waals surface area contributed by atoms with Crippen molar-refractivity contribution >= 4 is 40.0 Å². The summed E-state index contributed by atoms with van der Waals surface area (Å²) in [7, 11) is 0. The second kappa shape index (κ2) is 9.40. The van der Waals surface area contributed by atoms with Gasteiger partial charge in [0.05, 0.1) is 16.2 Å². The fraction of sp³-hybridized carbons (Fsp3) is 0.522. The molecule has 1 aromatic carbocycles. The third-order valence-electron chi connectivity index (χ3n) is 6.51. The number of hydrogen-bond acceptors (Lipinski definition) is 5. The molecule has 8 heteroatoms. The summed E-state index contributed by atoms with van der Waals surface area (Å²) in [6.07, 6.45) is 4.03. The van der Waals surface area contributed by atoms with Crippen molar-refractivity contribution < 1.29 is 9.59 Å². The molecule has 0 spiro atoms. The Labute approximate surface area is 188 Å². The summed E-state index contributed by atoms with van der Waals surface area (Å²) in [6, 6.07) is 5.90. The van der Waals surface area contributed by atoms with Gasteiger partial charge in [0, 0.05) is 63.7 Å². The van der Waals surface area contributed by atoms with Crippen LogP contribution >= 0.6 is 11.6 Å². The van der Waals surface area contributed by atoms with Crippen LogP contribution in [-0.2, 0) is 16.0 Å². The Hall–Kier alpha value is -2.38. The highest BCUT2D eigenvalue weighted by atomic mass is 35.5. The predicted molar refractivity (Wildman–Crippen MR) is 123 cm³/mol. The van der Waals surface area contributed by atoms with E-state index in [1.807, 2.05) is 28.0 Å². The lowest BCUT2D eigenvalue weighted by molar-refractivity contribution is -0.140. The Morgan fingerprint density at radius 2 is 1.84 bits per heavy atom. The van der Waals surface area contributed by atoms with E-state index >= 15 is 0 Å². The summed E-state index contributed by atoms with van der Waals surface area (Å²) in [5.74, 6) is 0.341. The number of piperidine rings is 1. The van der Waals surface area contributed by atoms with Gasteiger partial charge in [-0.25, -0.2) is 0 Å². The molecule has 0 saturated carbocycles. The molecule has 0 unspecified atom stereocenters. The van der Waals surface area contributed by atoms with Crippen LogP contribution in [0.3, 0.4) is 0 Å². The van der Waals surface area contributed by atoms with Gasteiger partial charge in [-0.1, -0.05) is 11.6 Å². The fourth-order valence-electron chi connectivity index (χ4n) is 4.79. The fourth-order valence-corrected chi connectivity index (χ4v) is 5.07. The van der Waals surface area contributed by atoms with Gasteiger partial charge in [-0.3, -0.25) is 14.6 Å². The molecule has 2 fully saturated rings. The molecular formula is C23H30ClN5O2. The average molecular weight is 444 g/mol. The Kier molecular flexibility index (Phi) is 6.62. The lowest BCUT2D eigenvalue weighted by Gasteiger charge is -2.40. The molecule has 1 aromatic heterocycles. The summed E-state index contributed by atoms with van der Waals surface area (Å²) >= 11 is 6.51. The number of rotatable bonds is 4. The second-order valence-corrected chi connectivity index (χ2v) is 8.80. The summed E-state index contributed by atoms with van der Waals surface area (Å²) in [4.78, 5) is 35.4. The Morgan fingerprint density at radius 1 is 1.13 bits per heavy atom. The highest BCUT2D eigenvalue weighted by Gasteiger charge is 2.31. The van der Waals surface area contributed by atoms with E-state index in [9.17, 15) is 9.59 Å². The molecule has 0 atom stereocenters. The van der Waals surface area contributed by atoms with Gasteiger partial charge in [-0.15, -0.1) is 0 Å². The van der Waals surface area contributed by atoms with Crippen LogP contribution in [0.5, 0.6) is 0 Å². The van der Waals surface area contributed by atoms with Gasteiger partial charge < -0.3 is 20.4 Å². The zero-order valence-electron chi connectivity index (χ0n) is 18.0. The van der Waals surface area contributed by atoms with Crippen LogP contribution in [0, 0.1) is 5.92 Å². The second-order valence-electron chi connectivity index (χ2n) is 8.40. The maximum atomic E-state index is 13.1. The first kappa shape index (κ1) is 21.8. The number of likely N-dealkylation sites (tertiary alicyclic amines) is 1. The number of pyridine rings is 1. The number of hydrogen-bond donors (Lipinski definition) is 1. The van der Waals surface area contributed by atoms with Crippen molar-refractivity contribution in [2.45, 2.75) is 26.2 Å². The van der Waals surface area contributed by atoms with Crippen molar-refractivity contribution in [3.63, 3.8) is 0 Å². The molecule has 0 aliphatic carbocycles. The first-order chi connectivity index (χ1) is 15.0. The minimum atomic E-state index is 0.0213. The number of anilines is 1. The van der Waals surface area contributed by atoms with E-state index in [0.29, 0.717) is 37.7 Å². The minimum absolute atomic E-state index is 0.0213. The standard InChI is InChI=1S/C23H30ClN5O2/c1-16(30)27-9-5-17(6-10-27)23(31)29-13-11-28(12-14-29)22-18(4-7-25)15-20(24)19-3-2-8-26-21(19)22/h2-3,8,15,17H,4-7,9-14,25H2,1H3. The molecule has 2 amide bonds. The lowest BCUT2D eigenvalue weighted by atomic mass is 9.95. The Balaban J connectivity index is 1.47. The summed E-state index contributed by atoms with van der Waals surface area (Å²) in [5.41, 5.74) is 8.96. The van der Waals surface area contributed by atoms with Gasteiger partial charge in [0.15, 0.2) is 0 Å². The highest BCUT2D eigenvalue weighted by molar-refractivity contribution is 6.36. The molecule has 0 radical (unpaired) electrons.